The highest BCUT2D eigenvalue weighted by molar-refractivity contribution is 5.54. The molecule has 10 heteroatoms. The van der Waals surface area contributed by atoms with Gasteiger partial charge in [-0.25, -0.2) is 0 Å². The molecule has 0 aliphatic carbocycles. The Balaban J connectivity index is 1.87. The maximum Gasteiger partial charge on any atom is 0.423 e. The number of ether oxygens (including phenoxy) is 1. The quantitative estimate of drug-likeness (QED) is 0.509. The average molecular weight is 351 g/mol. The standard InChI is InChI=1S/C15H8F3N3O4/c16-15(17,18)12-7-11(5-6-13(12)21(22)23)25-10-3-1-9(2-4-10)14-20-19-8-24-14/h1-8H. The molecule has 0 radical (unpaired) electrons. The van der Waals surface area contributed by atoms with Crippen molar-refractivity contribution in [2.75, 3.05) is 0 Å². The molecule has 128 valence electrons. The lowest BCUT2D eigenvalue weighted by Crippen LogP contribution is -2.09. The second kappa shape index (κ2) is 6.23. The maximum absolute atomic E-state index is 13.0. The van der Waals surface area contributed by atoms with E-state index >= 15 is 0 Å². The molecule has 1 aromatic heterocycles. The first-order valence-corrected chi connectivity index (χ1v) is 6.74. The Morgan fingerprint density at radius 2 is 1.76 bits per heavy atom. The highest BCUT2D eigenvalue weighted by Gasteiger charge is 2.38. The van der Waals surface area contributed by atoms with Crippen molar-refractivity contribution in [3.05, 3.63) is 64.5 Å². The highest BCUT2D eigenvalue weighted by atomic mass is 19.4. The van der Waals surface area contributed by atoms with Gasteiger partial charge in [-0.3, -0.25) is 10.1 Å². The highest BCUT2D eigenvalue weighted by Crippen LogP contribution is 2.39. The van der Waals surface area contributed by atoms with Gasteiger partial charge in [0.05, 0.1) is 4.92 Å². The first-order chi connectivity index (χ1) is 11.8. The Morgan fingerprint density at radius 1 is 1.08 bits per heavy atom. The monoisotopic (exact) mass is 351 g/mol. The molecule has 0 fully saturated rings. The van der Waals surface area contributed by atoms with Gasteiger partial charge in [-0.05, 0) is 36.4 Å². The van der Waals surface area contributed by atoms with Crippen molar-refractivity contribution < 1.29 is 27.2 Å². The predicted octanol–water partition coefficient (Wildman–Crippen LogP) is 4.46. The van der Waals surface area contributed by atoms with Crippen molar-refractivity contribution in [2.24, 2.45) is 0 Å². The number of aromatic nitrogens is 2. The summed E-state index contributed by atoms with van der Waals surface area (Å²) in [5.74, 6) is 0.343. The van der Waals surface area contributed by atoms with Gasteiger partial charge < -0.3 is 9.15 Å². The molecule has 1 heterocycles. The van der Waals surface area contributed by atoms with Gasteiger partial charge in [-0.15, -0.1) is 10.2 Å². The van der Waals surface area contributed by atoms with Gasteiger partial charge in [-0.1, -0.05) is 0 Å². The molecule has 3 rings (SSSR count). The number of rotatable bonds is 4. The number of halogens is 3. The lowest BCUT2D eigenvalue weighted by molar-refractivity contribution is -0.388. The van der Waals surface area contributed by atoms with Gasteiger partial charge in [0.2, 0.25) is 12.3 Å². The second-order valence-electron chi connectivity index (χ2n) is 4.80. The minimum atomic E-state index is -4.87. The van der Waals surface area contributed by atoms with Crippen LogP contribution < -0.4 is 4.74 Å². The summed E-state index contributed by atoms with van der Waals surface area (Å²) in [7, 11) is 0. The summed E-state index contributed by atoms with van der Waals surface area (Å²) in [6.07, 6.45) is -3.71. The number of nitro benzene ring substituents is 1. The van der Waals surface area contributed by atoms with Crippen LogP contribution in [0.1, 0.15) is 5.56 Å². The van der Waals surface area contributed by atoms with Crippen molar-refractivity contribution >= 4 is 5.69 Å². The zero-order valence-corrected chi connectivity index (χ0v) is 12.2. The summed E-state index contributed by atoms with van der Waals surface area (Å²) < 4.78 is 49.2. The lowest BCUT2D eigenvalue weighted by atomic mass is 10.1. The number of nitrogens with zero attached hydrogens (tertiary/aromatic N) is 3. The fraction of sp³-hybridized carbons (Fsp3) is 0.0667. The topological polar surface area (TPSA) is 91.3 Å². The summed E-state index contributed by atoms with van der Waals surface area (Å²) in [6.45, 7) is 0. The zero-order valence-electron chi connectivity index (χ0n) is 12.2. The van der Waals surface area contributed by atoms with Crippen LogP contribution >= 0.6 is 0 Å². The van der Waals surface area contributed by atoms with Crippen molar-refractivity contribution in [1.29, 1.82) is 0 Å². The van der Waals surface area contributed by atoms with Gasteiger partial charge in [0.15, 0.2) is 0 Å². The molecule has 0 bridgehead atoms. The van der Waals surface area contributed by atoms with Crippen LogP contribution in [0, 0.1) is 10.1 Å². The SMILES string of the molecule is O=[N+]([O-])c1ccc(Oc2ccc(-c3nnco3)cc2)cc1C(F)(F)F. The Hall–Kier alpha value is -3.43. The molecule has 0 unspecified atom stereocenters. The van der Waals surface area contributed by atoms with E-state index in [0.717, 1.165) is 18.5 Å². The van der Waals surface area contributed by atoms with E-state index < -0.39 is 22.4 Å². The third kappa shape index (κ3) is 3.57. The van der Waals surface area contributed by atoms with Crippen LogP contribution in [-0.2, 0) is 6.18 Å². The van der Waals surface area contributed by atoms with Crippen molar-refractivity contribution in [1.82, 2.24) is 10.2 Å². The number of alkyl halides is 3. The van der Waals surface area contributed by atoms with Crippen molar-refractivity contribution in [2.45, 2.75) is 6.18 Å². The fourth-order valence-corrected chi connectivity index (χ4v) is 2.07. The molecule has 0 atom stereocenters. The molecule has 0 aliphatic heterocycles. The third-order valence-corrected chi connectivity index (χ3v) is 3.17. The zero-order chi connectivity index (χ0) is 18.0. The molecule has 0 saturated heterocycles. The number of hydrogen-bond donors (Lipinski definition) is 0. The van der Waals surface area contributed by atoms with Gasteiger partial charge in [0.25, 0.3) is 5.69 Å². The minimum Gasteiger partial charge on any atom is -0.457 e. The van der Waals surface area contributed by atoms with E-state index in [1.54, 1.807) is 12.1 Å². The summed E-state index contributed by atoms with van der Waals surface area (Å²) >= 11 is 0. The molecule has 0 saturated carbocycles. The Morgan fingerprint density at radius 3 is 2.32 bits per heavy atom. The predicted molar refractivity (Wildman–Crippen MR) is 77.9 cm³/mol. The molecular formula is C15H8F3N3O4. The lowest BCUT2D eigenvalue weighted by Gasteiger charge is -2.10. The van der Waals surface area contributed by atoms with Crippen LogP contribution in [0.5, 0.6) is 11.5 Å². The number of hydrogen-bond acceptors (Lipinski definition) is 6. The summed E-state index contributed by atoms with van der Waals surface area (Å²) in [5.41, 5.74) is -1.81. The molecule has 25 heavy (non-hydrogen) atoms. The van der Waals surface area contributed by atoms with E-state index in [-0.39, 0.29) is 17.4 Å². The van der Waals surface area contributed by atoms with Crippen molar-refractivity contribution in [3.8, 4) is 23.0 Å². The fourth-order valence-electron chi connectivity index (χ4n) is 2.07. The molecule has 3 aromatic rings. The normalized spacial score (nSPS) is 11.3. The van der Waals surface area contributed by atoms with E-state index in [2.05, 4.69) is 10.2 Å². The molecular weight excluding hydrogens is 343 g/mol. The molecule has 7 nitrogen and oxygen atoms in total. The van der Waals surface area contributed by atoms with E-state index in [4.69, 9.17) is 9.15 Å². The second-order valence-corrected chi connectivity index (χ2v) is 4.80. The summed E-state index contributed by atoms with van der Waals surface area (Å²) in [6, 6.07) is 8.59. The molecule has 0 N–H and O–H groups in total. The van der Waals surface area contributed by atoms with Crippen LogP contribution in [0.2, 0.25) is 0 Å². The van der Waals surface area contributed by atoms with Gasteiger partial charge >= 0.3 is 6.18 Å². The summed E-state index contributed by atoms with van der Waals surface area (Å²) in [5, 5.41) is 18.0. The molecule has 0 spiro atoms. The van der Waals surface area contributed by atoms with Crippen LogP contribution in [0.15, 0.2) is 53.3 Å². The first-order valence-electron chi connectivity index (χ1n) is 6.74. The Bertz CT molecular complexity index is 893. The molecule has 0 amide bonds. The Kier molecular flexibility index (Phi) is 4.09. The number of nitro groups is 1. The van der Waals surface area contributed by atoms with Gasteiger partial charge in [0, 0.05) is 11.6 Å². The third-order valence-electron chi connectivity index (χ3n) is 3.17. The summed E-state index contributed by atoms with van der Waals surface area (Å²) in [4.78, 5) is 9.64. The largest absolute Gasteiger partial charge is 0.457 e. The maximum atomic E-state index is 13.0. The molecule has 2 aromatic carbocycles. The number of benzene rings is 2. The van der Waals surface area contributed by atoms with Crippen LogP contribution in [0.3, 0.4) is 0 Å². The van der Waals surface area contributed by atoms with Crippen LogP contribution in [-0.4, -0.2) is 15.1 Å². The van der Waals surface area contributed by atoms with E-state index in [1.165, 1.54) is 12.1 Å². The van der Waals surface area contributed by atoms with Gasteiger partial charge in [-0.2, -0.15) is 13.2 Å². The van der Waals surface area contributed by atoms with Crippen molar-refractivity contribution in [3.63, 3.8) is 0 Å². The van der Waals surface area contributed by atoms with E-state index in [1.807, 2.05) is 0 Å². The first kappa shape index (κ1) is 16.4. The van der Waals surface area contributed by atoms with E-state index in [0.29, 0.717) is 11.6 Å². The van der Waals surface area contributed by atoms with Gasteiger partial charge in [0.1, 0.15) is 17.1 Å². The van der Waals surface area contributed by atoms with Crippen LogP contribution in [0.25, 0.3) is 11.5 Å². The molecule has 0 aliphatic rings. The minimum absolute atomic E-state index is 0.177. The van der Waals surface area contributed by atoms with E-state index in [9.17, 15) is 23.3 Å². The Labute approximate surface area is 137 Å². The average Bonchev–Trinajstić information content (AvgIpc) is 3.09. The van der Waals surface area contributed by atoms with Crippen LogP contribution in [0.4, 0.5) is 18.9 Å². The smallest absolute Gasteiger partial charge is 0.423 e.